The Morgan fingerprint density at radius 2 is 0.917 bits per heavy atom. The predicted octanol–water partition coefficient (Wildman–Crippen LogP) is 4.72. The number of halogens is 6. The number of nitrogens with one attached hydrogen (secondary N) is 6. The normalized spacial score (nSPS) is 12.0. The van der Waals surface area contributed by atoms with Crippen molar-refractivity contribution < 1.29 is 45.5 Å². The van der Waals surface area contributed by atoms with Crippen LogP contribution in [0.5, 0.6) is 0 Å². The molecule has 2 heterocycles. The number of hydrogen-bond acceptors (Lipinski definition) is 6. The van der Waals surface area contributed by atoms with Gasteiger partial charge in [0.15, 0.2) is 0 Å². The molecule has 0 fully saturated rings. The van der Waals surface area contributed by atoms with Gasteiger partial charge in [-0.05, 0) is 76.1 Å². The fourth-order valence-electron chi connectivity index (χ4n) is 4.97. The molecule has 2 aromatic heterocycles. The average Bonchev–Trinajstić information content (AvgIpc) is 3.67. The van der Waals surface area contributed by atoms with Crippen LogP contribution in [0.25, 0.3) is 21.8 Å². The number of aromatic amines is 2. The molecule has 6 N–H and O–H groups in total. The molecule has 2 amide bonds. The van der Waals surface area contributed by atoms with Gasteiger partial charge in [0.1, 0.15) is 0 Å². The molecule has 4 rings (SSSR count). The lowest BCUT2D eigenvalue weighted by Gasteiger charge is -2.08. The van der Waals surface area contributed by atoms with Crippen molar-refractivity contribution in [2.24, 2.45) is 0 Å². The number of ketones is 2. The van der Waals surface area contributed by atoms with Gasteiger partial charge in [0.05, 0.1) is 22.3 Å². The smallest absolute Gasteiger partial charge is 0.360 e. The molecular formula is C32H34F6N6O4. The SMILES string of the molecule is O=C(NCCCNCCCCNCCCNC(=O)C(=O)c1c[nH]c2cc(C(F)(F)F)ccc12)C(=O)c1c[nH]c2cc(C(F)(F)F)ccc12. The molecule has 0 bridgehead atoms. The molecule has 10 nitrogen and oxygen atoms in total. The molecule has 0 aliphatic rings. The fourth-order valence-corrected chi connectivity index (χ4v) is 4.97. The average molecular weight is 681 g/mol. The molecule has 0 saturated carbocycles. The number of aromatic nitrogens is 2. The summed E-state index contributed by atoms with van der Waals surface area (Å²) in [5.74, 6) is -3.35. The number of carbonyl (C=O) groups excluding carboxylic acids is 4. The van der Waals surface area contributed by atoms with E-state index in [1.807, 2.05) is 0 Å². The van der Waals surface area contributed by atoms with E-state index in [2.05, 4.69) is 31.2 Å². The Morgan fingerprint density at radius 3 is 1.29 bits per heavy atom. The maximum atomic E-state index is 12.9. The van der Waals surface area contributed by atoms with Gasteiger partial charge < -0.3 is 31.2 Å². The van der Waals surface area contributed by atoms with Crippen molar-refractivity contribution >= 4 is 45.2 Å². The number of amides is 2. The van der Waals surface area contributed by atoms with Crippen LogP contribution in [0, 0.1) is 0 Å². The highest BCUT2D eigenvalue weighted by atomic mass is 19.4. The lowest BCUT2D eigenvalue weighted by molar-refractivity contribution is -0.138. The number of alkyl halides is 6. The van der Waals surface area contributed by atoms with E-state index < -0.39 is 46.9 Å². The molecule has 0 spiro atoms. The molecule has 0 unspecified atom stereocenters. The topological polar surface area (TPSA) is 148 Å². The zero-order valence-corrected chi connectivity index (χ0v) is 25.6. The summed E-state index contributed by atoms with van der Waals surface area (Å²) in [6.45, 7) is 3.14. The summed E-state index contributed by atoms with van der Waals surface area (Å²) in [5, 5.41) is 12.0. The second-order valence-corrected chi connectivity index (χ2v) is 11.0. The van der Waals surface area contributed by atoms with E-state index in [0.717, 1.165) is 62.3 Å². The third-order valence-corrected chi connectivity index (χ3v) is 7.51. The van der Waals surface area contributed by atoms with Crippen molar-refractivity contribution in [3.63, 3.8) is 0 Å². The highest BCUT2D eigenvalue weighted by molar-refractivity contribution is 6.45. The van der Waals surface area contributed by atoms with Crippen molar-refractivity contribution in [2.75, 3.05) is 39.3 Å². The van der Waals surface area contributed by atoms with E-state index in [1.54, 1.807) is 0 Å². The lowest BCUT2D eigenvalue weighted by atomic mass is 10.1. The van der Waals surface area contributed by atoms with Gasteiger partial charge in [-0.2, -0.15) is 26.3 Å². The first-order valence-electron chi connectivity index (χ1n) is 15.2. The van der Waals surface area contributed by atoms with Crippen LogP contribution in [-0.4, -0.2) is 72.6 Å². The standard InChI is InChI=1S/C32H34F6N6O4/c33-31(34,35)19-5-7-21-23(17-43-25(21)15-19)27(45)29(47)41-13-3-11-39-9-1-2-10-40-12-4-14-42-30(48)28(46)24-18-44-26-16-20(32(36,37)38)6-8-22(24)26/h5-8,15-18,39-40,43-44H,1-4,9-14H2,(H,41,47)(H,42,48). The molecule has 2 aromatic carbocycles. The molecule has 0 aliphatic carbocycles. The summed E-state index contributed by atoms with van der Waals surface area (Å²) >= 11 is 0. The van der Waals surface area contributed by atoms with Gasteiger partial charge >= 0.3 is 12.4 Å². The van der Waals surface area contributed by atoms with Crippen molar-refractivity contribution in [3.05, 3.63) is 71.0 Å². The fraction of sp³-hybridized carbons (Fsp3) is 0.375. The van der Waals surface area contributed by atoms with Crippen LogP contribution in [-0.2, 0) is 21.9 Å². The lowest BCUT2D eigenvalue weighted by Crippen LogP contribution is -2.33. The monoisotopic (exact) mass is 680 g/mol. The third-order valence-electron chi connectivity index (χ3n) is 7.51. The first-order chi connectivity index (χ1) is 22.8. The Kier molecular flexibility index (Phi) is 12.0. The minimum atomic E-state index is -4.52. The Hall–Kier alpha value is -4.70. The molecule has 258 valence electrons. The second-order valence-electron chi connectivity index (χ2n) is 11.0. The molecule has 0 atom stereocenters. The summed E-state index contributed by atoms with van der Waals surface area (Å²) in [6, 6.07) is 5.83. The number of hydrogen-bond donors (Lipinski definition) is 6. The highest BCUT2D eigenvalue weighted by Crippen LogP contribution is 2.33. The summed E-state index contributed by atoms with van der Waals surface area (Å²) in [6.07, 6.45) is -3.73. The molecule has 4 aromatic rings. The van der Waals surface area contributed by atoms with E-state index in [-0.39, 0.29) is 46.0 Å². The molecule has 0 aliphatic heterocycles. The van der Waals surface area contributed by atoms with E-state index in [1.165, 1.54) is 12.4 Å². The van der Waals surface area contributed by atoms with Crippen LogP contribution in [0.15, 0.2) is 48.8 Å². The Balaban J connectivity index is 1.00. The maximum Gasteiger partial charge on any atom is 0.416 e. The van der Waals surface area contributed by atoms with Gasteiger partial charge in [-0.25, -0.2) is 0 Å². The summed E-state index contributed by atoms with van der Waals surface area (Å²) in [5.41, 5.74) is -1.49. The number of benzene rings is 2. The molecule has 0 radical (unpaired) electrons. The Bertz CT molecular complexity index is 1630. The molecule has 16 heteroatoms. The van der Waals surface area contributed by atoms with Crippen LogP contribution in [0.2, 0.25) is 0 Å². The zero-order valence-electron chi connectivity index (χ0n) is 25.6. The van der Waals surface area contributed by atoms with Gasteiger partial charge in [0.2, 0.25) is 0 Å². The van der Waals surface area contributed by atoms with E-state index in [4.69, 9.17) is 0 Å². The third kappa shape index (κ3) is 9.44. The number of rotatable bonds is 17. The summed E-state index contributed by atoms with van der Waals surface area (Å²) in [7, 11) is 0. The quantitative estimate of drug-likeness (QED) is 0.0412. The first kappa shape index (κ1) is 36.1. The first-order valence-corrected chi connectivity index (χ1v) is 15.2. The van der Waals surface area contributed by atoms with Crippen LogP contribution in [0.3, 0.4) is 0 Å². The summed E-state index contributed by atoms with van der Waals surface area (Å²) < 4.78 is 77.4. The Morgan fingerprint density at radius 1 is 0.542 bits per heavy atom. The number of unbranched alkanes of at least 4 members (excludes halogenated alkanes) is 1. The number of H-pyrrole nitrogens is 2. The van der Waals surface area contributed by atoms with Gasteiger partial charge in [0.25, 0.3) is 23.4 Å². The zero-order chi connectivity index (χ0) is 34.9. The number of fused-ring (bicyclic) bond motifs is 2. The van der Waals surface area contributed by atoms with Crippen LogP contribution < -0.4 is 21.3 Å². The highest BCUT2D eigenvalue weighted by Gasteiger charge is 2.32. The van der Waals surface area contributed by atoms with E-state index in [9.17, 15) is 45.5 Å². The molecular weight excluding hydrogens is 646 g/mol. The van der Waals surface area contributed by atoms with Crippen LogP contribution in [0.4, 0.5) is 26.3 Å². The minimum absolute atomic E-state index is 0.000237. The van der Waals surface area contributed by atoms with Crippen molar-refractivity contribution in [2.45, 2.75) is 38.0 Å². The number of Topliss-reactive ketones (excluding diaryl/α,β-unsaturated/α-hetero) is 2. The van der Waals surface area contributed by atoms with Gasteiger partial charge in [-0.15, -0.1) is 0 Å². The van der Waals surface area contributed by atoms with Crippen molar-refractivity contribution in [3.8, 4) is 0 Å². The maximum absolute atomic E-state index is 12.9. The van der Waals surface area contributed by atoms with Crippen LogP contribution in [0.1, 0.15) is 57.5 Å². The van der Waals surface area contributed by atoms with E-state index >= 15 is 0 Å². The van der Waals surface area contributed by atoms with E-state index in [0.29, 0.717) is 25.9 Å². The summed E-state index contributed by atoms with van der Waals surface area (Å²) in [4.78, 5) is 54.7. The largest absolute Gasteiger partial charge is 0.416 e. The second kappa shape index (κ2) is 15.9. The van der Waals surface area contributed by atoms with Crippen molar-refractivity contribution in [1.29, 1.82) is 0 Å². The molecule has 48 heavy (non-hydrogen) atoms. The number of carbonyl (C=O) groups is 4. The minimum Gasteiger partial charge on any atom is -0.360 e. The van der Waals surface area contributed by atoms with Crippen molar-refractivity contribution in [1.82, 2.24) is 31.2 Å². The Labute approximate surface area is 270 Å². The van der Waals surface area contributed by atoms with Gasteiger partial charge in [-0.3, -0.25) is 19.2 Å². The predicted molar refractivity (Wildman–Crippen MR) is 165 cm³/mol. The molecule has 0 saturated heterocycles. The van der Waals surface area contributed by atoms with Crippen LogP contribution >= 0.6 is 0 Å². The van der Waals surface area contributed by atoms with Gasteiger partial charge in [0, 0.05) is 47.3 Å². The van der Waals surface area contributed by atoms with Gasteiger partial charge in [-0.1, -0.05) is 12.1 Å².